The Morgan fingerprint density at radius 1 is 0.321 bits per heavy atom. The molecule has 0 N–H and O–H groups in total. The minimum Gasteiger partial charge on any atom is -0.456 e. The van der Waals surface area contributed by atoms with E-state index in [2.05, 4.69) is 42.5 Å². The van der Waals surface area contributed by atoms with Crippen molar-refractivity contribution in [2.24, 2.45) is 0 Å². The third-order valence-corrected chi connectivity index (χ3v) is 10.4. The number of rotatable bonds is 4. The van der Waals surface area contributed by atoms with Crippen LogP contribution in [-0.2, 0) is 0 Å². The second-order valence-electron chi connectivity index (χ2n) is 13.3. The van der Waals surface area contributed by atoms with Gasteiger partial charge < -0.3 is 4.42 Å². The summed E-state index contributed by atoms with van der Waals surface area (Å²) in [4.78, 5) is 0. The van der Waals surface area contributed by atoms with Crippen LogP contribution in [0.3, 0.4) is 0 Å². The van der Waals surface area contributed by atoms with Gasteiger partial charge in [-0.15, -0.1) is 0 Å². The topological polar surface area (TPSA) is 13.1 Å². The molecule has 1 heterocycles. The Morgan fingerprint density at radius 2 is 0.792 bits per heavy atom. The van der Waals surface area contributed by atoms with Crippen molar-refractivity contribution in [1.82, 2.24) is 0 Å². The van der Waals surface area contributed by atoms with Gasteiger partial charge in [0.15, 0.2) is 0 Å². The van der Waals surface area contributed by atoms with Crippen molar-refractivity contribution < 1.29 is 18.1 Å². The van der Waals surface area contributed by atoms with E-state index in [-0.39, 0.29) is 59.5 Å². The molecule has 0 spiro atoms. The highest BCUT2D eigenvalue weighted by atomic mass is 16.3. The first kappa shape index (κ1) is 21.4. The van der Waals surface area contributed by atoms with Crippen LogP contribution in [0.2, 0.25) is 0 Å². The lowest BCUT2D eigenvalue weighted by molar-refractivity contribution is 0.669. The summed E-state index contributed by atoms with van der Waals surface area (Å²) < 4.78 is 91.2. The highest BCUT2D eigenvalue weighted by Gasteiger charge is 2.19. The van der Waals surface area contributed by atoms with Gasteiger partial charge in [-0.1, -0.05) is 157 Å². The Hall–Kier alpha value is -6.96. The first-order valence-corrected chi connectivity index (χ1v) is 17.4. The minimum atomic E-state index is -0.435. The molecule has 0 amide bonds. The van der Waals surface area contributed by atoms with Gasteiger partial charge in [0, 0.05) is 10.8 Å². The van der Waals surface area contributed by atoms with Gasteiger partial charge in [0.1, 0.15) is 11.2 Å². The van der Waals surface area contributed by atoms with Crippen LogP contribution in [0.1, 0.15) is 13.7 Å². The Bertz CT molecular complexity index is 3700. The van der Waals surface area contributed by atoms with Crippen molar-refractivity contribution in [3.05, 3.63) is 194 Å². The quantitative estimate of drug-likeness (QED) is 0.133. The Labute approximate surface area is 321 Å². The molecule has 0 saturated carbocycles. The monoisotopic (exact) mass is 682 g/mol. The van der Waals surface area contributed by atoms with Crippen LogP contribution in [0.4, 0.5) is 0 Å². The van der Waals surface area contributed by atoms with Gasteiger partial charge in [0.05, 0.1) is 13.7 Å². The van der Waals surface area contributed by atoms with Gasteiger partial charge >= 0.3 is 0 Å². The molecule has 1 heteroatoms. The molecule has 0 radical (unpaired) electrons. The Kier molecular flexibility index (Phi) is 4.77. The summed E-state index contributed by atoms with van der Waals surface area (Å²) in [5, 5.41) is 9.07. The van der Waals surface area contributed by atoms with Crippen molar-refractivity contribution in [2.75, 3.05) is 0 Å². The van der Waals surface area contributed by atoms with E-state index in [0.29, 0.717) is 22.3 Å². The molecule has 0 atom stereocenters. The molecule has 11 rings (SSSR count). The number of hydrogen-bond acceptors (Lipinski definition) is 1. The summed E-state index contributed by atoms with van der Waals surface area (Å²) in [5.41, 5.74) is 6.54. The number of furan rings is 1. The smallest absolute Gasteiger partial charge is 0.135 e. The molecular formula is C52H32O. The fraction of sp³-hybridized carbons (Fsp3) is 0. The number of benzene rings is 10. The summed E-state index contributed by atoms with van der Waals surface area (Å²) in [5.74, 6) is 0. The number of hydrogen-bond donors (Lipinski definition) is 0. The standard InChI is InChI=1S/C52H32O/c1-3-13-33(14-4-1)35-24-27-49-46(30-35)47-31-37(25-28-50(47)53-49)36-23-26-40-45(29-36)39-18-8-7-17-38(39)32-48(40)52-43-21-11-9-19-41(43)51(34-15-5-2-6-16-34)42-20-10-12-22-44(42)52/h1-32H/i1D,2D,3D,4D,5D,6D,13D,14D,15D,16D. The van der Waals surface area contributed by atoms with Crippen molar-refractivity contribution in [2.45, 2.75) is 0 Å². The van der Waals surface area contributed by atoms with E-state index in [9.17, 15) is 0 Å². The Balaban J connectivity index is 1.14. The van der Waals surface area contributed by atoms with Gasteiger partial charge in [-0.2, -0.15) is 0 Å². The molecule has 0 unspecified atom stereocenters. The fourth-order valence-electron chi connectivity index (χ4n) is 8.06. The lowest BCUT2D eigenvalue weighted by atomic mass is 9.83. The van der Waals surface area contributed by atoms with Crippen molar-refractivity contribution in [1.29, 1.82) is 0 Å². The van der Waals surface area contributed by atoms with E-state index in [1.54, 1.807) is 12.1 Å². The van der Waals surface area contributed by atoms with Gasteiger partial charge in [0.2, 0.25) is 0 Å². The second kappa shape index (κ2) is 11.8. The van der Waals surface area contributed by atoms with Crippen LogP contribution >= 0.6 is 0 Å². The lowest BCUT2D eigenvalue weighted by Gasteiger charge is -2.20. The Morgan fingerprint density at radius 3 is 1.40 bits per heavy atom. The van der Waals surface area contributed by atoms with Gasteiger partial charge in [-0.3, -0.25) is 0 Å². The molecular weight excluding hydrogens is 641 g/mol. The molecule has 1 nitrogen and oxygen atoms in total. The van der Waals surface area contributed by atoms with E-state index in [1.165, 1.54) is 0 Å². The van der Waals surface area contributed by atoms with E-state index in [4.69, 9.17) is 18.1 Å². The first-order valence-electron chi connectivity index (χ1n) is 22.4. The van der Waals surface area contributed by atoms with E-state index in [1.807, 2.05) is 78.9 Å². The maximum atomic E-state index is 8.98. The summed E-state index contributed by atoms with van der Waals surface area (Å²) >= 11 is 0. The average molecular weight is 683 g/mol. The highest BCUT2D eigenvalue weighted by Crippen LogP contribution is 2.47. The predicted molar refractivity (Wildman–Crippen MR) is 225 cm³/mol. The van der Waals surface area contributed by atoms with Gasteiger partial charge in [-0.25, -0.2) is 0 Å². The van der Waals surface area contributed by atoms with Crippen molar-refractivity contribution in [3.8, 4) is 44.5 Å². The van der Waals surface area contributed by atoms with Crippen LogP contribution in [0, 0.1) is 0 Å². The average Bonchev–Trinajstić information content (AvgIpc) is 3.68. The molecule has 0 aliphatic rings. The largest absolute Gasteiger partial charge is 0.456 e. The molecule has 10 aromatic carbocycles. The molecule has 0 aliphatic carbocycles. The number of fused-ring (bicyclic) bond motifs is 8. The van der Waals surface area contributed by atoms with Crippen LogP contribution < -0.4 is 0 Å². The van der Waals surface area contributed by atoms with Crippen molar-refractivity contribution in [3.63, 3.8) is 0 Å². The third-order valence-electron chi connectivity index (χ3n) is 10.4. The van der Waals surface area contributed by atoms with Crippen LogP contribution in [0.25, 0.3) is 110 Å². The fourth-order valence-corrected chi connectivity index (χ4v) is 8.06. The predicted octanol–water partition coefficient (Wildman–Crippen LogP) is 14.9. The van der Waals surface area contributed by atoms with Crippen LogP contribution in [0.15, 0.2) is 198 Å². The highest BCUT2D eigenvalue weighted by molar-refractivity contribution is 6.26. The minimum absolute atomic E-state index is 0.134. The van der Waals surface area contributed by atoms with E-state index in [0.717, 1.165) is 76.1 Å². The normalized spacial score (nSPS) is 14.4. The first-order chi connectivity index (χ1) is 30.4. The lowest BCUT2D eigenvalue weighted by Crippen LogP contribution is -1.92. The molecule has 53 heavy (non-hydrogen) atoms. The molecule has 0 fully saturated rings. The molecule has 0 bridgehead atoms. The van der Waals surface area contributed by atoms with Crippen molar-refractivity contribution >= 4 is 65.0 Å². The zero-order chi connectivity index (χ0) is 43.6. The van der Waals surface area contributed by atoms with Crippen LogP contribution in [0.5, 0.6) is 0 Å². The zero-order valence-corrected chi connectivity index (χ0v) is 28.1. The third kappa shape index (κ3) is 4.71. The molecule has 0 aliphatic heterocycles. The summed E-state index contributed by atoms with van der Waals surface area (Å²) in [6.07, 6.45) is 0. The van der Waals surface area contributed by atoms with Crippen LogP contribution in [-0.4, -0.2) is 0 Å². The SMILES string of the molecule is [2H]c1c([2H])c([2H])c(-c2ccc3oc4ccc(-c5ccc6c(-c7c8ccccc8c(-c8c([2H])c([2H])c([2H])c([2H])c8[2H])c8ccccc78)cc7ccccc7c6c5)cc4c3c2)c([2H])c1[2H]. The maximum absolute atomic E-state index is 8.98. The maximum Gasteiger partial charge on any atom is 0.135 e. The molecule has 246 valence electrons. The van der Waals surface area contributed by atoms with E-state index < -0.39 is 12.1 Å². The summed E-state index contributed by atoms with van der Waals surface area (Å²) in [7, 11) is 0. The van der Waals surface area contributed by atoms with Gasteiger partial charge in [0.25, 0.3) is 0 Å². The van der Waals surface area contributed by atoms with Gasteiger partial charge in [-0.05, 0) is 124 Å². The summed E-state index contributed by atoms with van der Waals surface area (Å²) in [6.45, 7) is 0. The second-order valence-corrected chi connectivity index (χ2v) is 13.3. The molecule has 11 aromatic rings. The zero-order valence-electron chi connectivity index (χ0n) is 38.1. The van der Waals surface area contributed by atoms with E-state index >= 15 is 0 Å². The summed E-state index contributed by atoms with van der Waals surface area (Å²) in [6, 6.07) is 40.7. The molecule has 1 aromatic heterocycles. The molecule has 0 saturated heterocycles.